The zero-order valence-electron chi connectivity index (χ0n) is 18.1. The van der Waals surface area contributed by atoms with Crippen LogP contribution in [0.3, 0.4) is 0 Å². The Kier molecular flexibility index (Phi) is 9.27. The van der Waals surface area contributed by atoms with Crippen molar-refractivity contribution < 1.29 is 36.1 Å². The van der Waals surface area contributed by atoms with Crippen molar-refractivity contribution in [2.75, 3.05) is 15.8 Å². The molecule has 1 amide bonds. The standard InChI is InChI=1S/C17H20ClN5O10S2/c1-3-12(24)33-13(15(25)19-11-8-9(21-34(28)29)4-5-10(11)18)14-20-16(26)22(2)17(27)23(14)6-7-35(30,31)32/h4-5,8,13,21H,3,6-7H2,1-2H3,(H,19,25)(H,28,29)(H,30,31,32)/p-1. The average molecular weight is 553 g/mol. The lowest BCUT2D eigenvalue weighted by atomic mass is 10.2. The number of rotatable bonds is 10. The fourth-order valence-corrected chi connectivity index (χ4v) is 3.53. The summed E-state index contributed by atoms with van der Waals surface area (Å²) in [4.78, 5) is 53.5. The molecule has 1 aromatic carbocycles. The number of benzene rings is 1. The third kappa shape index (κ3) is 7.69. The molecule has 192 valence electrons. The number of aromatic nitrogens is 3. The minimum atomic E-state index is -4.58. The lowest BCUT2D eigenvalue weighted by molar-refractivity contribution is -0.155. The summed E-state index contributed by atoms with van der Waals surface area (Å²) in [5.74, 6) is -3.80. The first-order valence-corrected chi connectivity index (χ1v) is 12.6. The summed E-state index contributed by atoms with van der Waals surface area (Å²) in [5.41, 5.74) is -2.37. The second-order valence-corrected chi connectivity index (χ2v) is 9.43. The van der Waals surface area contributed by atoms with Crippen molar-refractivity contribution in [3.8, 4) is 0 Å². The highest BCUT2D eigenvalue weighted by Gasteiger charge is 2.31. The number of anilines is 2. The maximum Gasteiger partial charge on any atom is 0.353 e. The molecule has 2 unspecified atom stereocenters. The molecule has 0 saturated carbocycles. The largest absolute Gasteiger partial charge is 0.755 e. The molecule has 15 nitrogen and oxygen atoms in total. The van der Waals surface area contributed by atoms with Crippen LogP contribution in [0, 0.1) is 0 Å². The van der Waals surface area contributed by atoms with Crippen LogP contribution in [-0.4, -0.2) is 53.5 Å². The molecular weight excluding hydrogens is 534 g/mol. The Bertz CT molecular complexity index is 1390. The van der Waals surface area contributed by atoms with Gasteiger partial charge < -0.3 is 19.3 Å². The van der Waals surface area contributed by atoms with E-state index >= 15 is 0 Å². The first-order valence-electron chi connectivity index (χ1n) is 9.52. The van der Waals surface area contributed by atoms with Gasteiger partial charge in [-0.15, -0.1) is 0 Å². The smallest absolute Gasteiger partial charge is 0.353 e. The number of carbonyl (C=O) groups is 2. The van der Waals surface area contributed by atoms with E-state index in [0.717, 1.165) is 13.1 Å². The molecule has 0 aliphatic carbocycles. The zero-order valence-corrected chi connectivity index (χ0v) is 20.5. The van der Waals surface area contributed by atoms with Gasteiger partial charge in [-0.2, -0.15) is 13.4 Å². The molecule has 0 fully saturated rings. The first kappa shape index (κ1) is 28.1. The fraction of sp³-hybridized carbons (Fsp3) is 0.353. The molecule has 0 bridgehead atoms. The van der Waals surface area contributed by atoms with Crippen molar-refractivity contribution in [1.82, 2.24) is 14.1 Å². The van der Waals surface area contributed by atoms with Gasteiger partial charge in [0.2, 0.25) is 6.10 Å². The number of ether oxygens (including phenoxy) is 1. The molecule has 2 rings (SSSR count). The van der Waals surface area contributed by atoms with Crippen LogP contribution in [0.2, 0.25) is 5.02 Å². The Hall–Kier alpha value is -3.12. The number of hydrogen-bond donors (Lipinski definition) is 3. The maximum absolute atomic E-state index is 13.1. The Labute approximate surface area is 205 Å². The lowest BCUT2D eigenvalue weighted by Gasteiger charge is -2.21. The van der Waals surface area contributed by atoms with Crippen LogP contribution >= 0.6 is 11.6 Å². The Morgan fingerprint density at radius 1 is 1.34 bits per heavy atom. The molecule has 2 atom stereocenters. The second-order valence-electron chi connectivity index (χ2n) is 6.78. The van der Waals surface area contributed by atoms with E-state index in [4.69, 9.17) is 20.9 Å². The highest BCUT2D eigenvalue weighted by atomic mass is 35.5. The summed E-state index contributed by atoms with van der Waals surface area (Å²) >= 11 is 3.35. The summed E-state index contributed by atoms with van der Waals surface area (Å²) in [6, 6.07) is 3.67. The molecular formula is C17H19ClN5O10S2-. The monoisotopic (exact) mass is 552 g/mol. The molecule has 0 radical (unpaired) electrons. The van der Waals surface area contributed by atoms with E-state index in [1.165, 1.54) is 19.1 Å². The Morgan fingerprint density at radius 3 is 2.57 bits per heavy atom. The van der Waals surface area contributed by atoms with Gasteiger partial charge >= 0.3 is 17.3 Å². The summed E-state index contributed by atoms with van der Waals surface area (Å²) in [6.07, 6.45) is -2.26. The van der Waals surface area contributed by atoms with Crippen LogP contribution in [-0.2, 0) is 49.3 Å². The van der Waals surface area contributed by atoms with Crippen molar-refractivity contribution in [2.45, 2.75) is 26.0 Å². The predicted molar refractivity (Wildman–Crippen MR) is 122 cm³/mol. The van der Waals surface area contributed by atoms with E-state index in [1.807, 2.05) is 4.72 Å². The van der Waals surface area contributed by atoms with Crippen molar-refractivity contribution >= 4 is 56.2 Å². The van der Waals surface area contributed by atoms with Crippen LogP contribution in [0.15, 0.2) is 27.8 Å². The molecule has 18 heteroatoms. The third-order valence-electron chi connectivity index (χ3n) is 4.30. The van der Waals surface area contributed by atoms with Gasteiger partial charge in [-0.3, -0.25) is 22.9 Å². The molecule has 0 saturated heterocycles. The van der Waals surface area contributed by atoms with Crippen molar-refractivity contribution in [3.05, 3.63) is 50.0 Å². The van der Waals surface area contributed by atoms with Gasteiger partial charge in [0.15, 0.2) is 5.82 Å². The number of halogens is 1. The van der Waals surface area contributed by atoms with Gasteiger partial charge in [-0.25, -0.2) is 14.2 Å². The van der Waals surface area contributed by atoms with Crippen LogP contribution < -0.4 is 21.4 Å². The number of hydrogen-bond acceptors (Lipinski definition) is 10. The van der Waals surface area contributed by atoms with Gasteiger partial charge in [0.1, 0.15) is 0 Å². The van der Waals surface area contributed by atoms with Crippen molar-refractivity contribution in [2.24, 2.45) is 7.05 Å². The molecule has 1 aromatic heterocycles. The highest BCUT2D eigenvalue weighted by Crippen LogP contribution is 2.27. The quantitative estimate of drug-likeness (QED) is 0.190. The first-order chi connectivity index (χ1) is 16.2. The van der Waals surface area contributed by atoms with E-state index in [9.17, 15) is 36.4 Å². The molecule has 2 aromatic rings. The Balaban J connectivity index is 2.60. The second kappa shape index (κ2) is 11.5. The molecule has 3 N–H and O–H groups in total. The van der Waals surface area contributed by atoms with E-state index in [0.29, 0.717) is 9.13 Å². The number of amides is 1. The van der Waals surface area contributed by atoms with Crippen LogP contribution in [0.25, 0.3) is 0 Å². The third-order valence-corrected chi connectivity index (χ3v) is 5.73. The van der Waals surface area contributed by atoms with Crippen LogP contribution in [0.1, 0.15) is 25.3 Å². The summed E-state index contributed by atoms with van der Waals surface area (Å²) in [6.45, 7) is 0.659. The minimum absolute atomic E-state index is 0.0110. The van der Waals surface area contributed by atoms with E-state index in [-0.39, 0.29) is 22.8 Å². The summed E-state index contributed by atoms with van der Waals surface area (Å²) < 4.78 is 61.5. The SMILES string of the molecule is CCC(=O)OC(C(=O)Nc1cc(NS(=O)[O-])ccc1Cl)c1nc(=O)n(C)c(=O)n1CCS(=O)(=O)O. The molecule has 0 aliphatic heterocycles. The molecule has 0 aliphatic rings. The van der Waals surface area contributed by atoms with Gasteiger partial charge in [0.25, 0.3) is 16.0 Å². The van der Waals surface area contributed by atoms with Gasteiger partial charge in [0, 0.05) is 37.0 Å². The van der Waals surface area contributed by atoms with E-state index < -0.39 is 68.9 Å². The van der Waals surface area contributed by atoms with Gasteiger partial charge in [-0.1, -0.05) is 18.5 Å². The van der Waals surface area contributed by atoms with Crippen LogP contribution in [0.5, 0.6) is 0 Å². The predicted octanol–water partition coefficient (Wildman–Crippen LogP) is -0.678. The van der Waals surface area contributed by atoms with Crippen molar-refractivity contribution in [3.63, 3.8) is 0 Å². The van der Waals surface area contributed by atoms with Gasteiger partial charge in [-0.05, 0) is 18.2 Å². The number of nitrogens with one attached hydrogen (secondary N) is 2. The Morgan fingerprint density at radius 2 is 2.00 bits per heavy atom. The maximum atomic E-state index is 13.1. The summed E-state index contributed by atoms with van der Waals surface area (Å²) in [5, 5.41) is 2.23. The van der Waals surface area contributed by atoms with Gasteiger partial charge in [0.05, 0.1) is 16.5 Å². The number of esters is 1. The summed E-state index contributed by atoms with van der Waals surface area (Å²) in [7, 11) is -3.54. The average Bonchev–Trinajstić information content (AvgIpc) is 2.76. The van der Waals surface area contributed by atoms with E-state index in [1.54, 1.807) is 0 Å². The number of nitrogens with zero attached hydrogens (tertiary/aromatic N) is 3. The molecule has 35 heavy (non-hydrogen) atoms. The lowest BCUT2D eigenvalue weighted by Crippen LogP contribution is -2.45. The fourth-order valence-electron chi connectivity index (χ4n) is 2.63. The molecule has 0 spiro atoms. The number of carbonyl (C=O) groups excluding carboxylic acids is 2. The zero-order chi connectivity index (χ0) is 26.5. The van der Waals surface area contributed by atoms with Crippen LogP contribution in [0.4, 0.5) is 11.4 Å². The topological polar surface area (TPSA) is 219 Å². The molecule has 1 heterocycles. The highest BCUT2D eigenvalue weighted by molar-refractivity contribution is 7.85. The van der Waals surface area contributed by atoms with E-state index in [2.05, 4.69) is 10.3 Å². The minimum Gasteiger partial charge on any atom is -0.755 e. The normalized spacial score (nSPS) is 13.1. The van der Waals surface area contributed by atoms with Crippen molar-refractivity contribution in [1.29, 1.82) is 0 Å².